The van der Waals surface area contributed by atoms with Gasteiger partial charge in [0.25, 0.3) is 11.8 Å². The molecule has 0 aliphatic carbocycles. The number of nitrogens with zero attached hydrogens (tertiary/aromatic N) is 2. The highest BCUT2D eigenvalue weighted by Gasteiger charge is 2.29. The average Bonchev–Trinajstić information content (AvgIpc) is 2.83. The van der Waals surface area contributed by atoms with Crippen LogP contribution in [0, 0.1) is 0 Å². The van der Waals surface area contributed by atoms with Crippen molar-refractivity contribution in [2.24, 2.45) is 0 Å². The first kappa shape index (κ1) is 21.9. The predicted octanol–water partition coefficient (Wildman–Crippen LogP) is -0.0541. The highest BCUT2D eigenvalue weighted by molar-refractivity contribution is 6.00. The van der Waals surface area contributed by atoms with E-state index in [-0.39, 0.29) is 5.56 Å². The van der Waals surface area contributed by atoms with Gasteiger partial charge in [-0.1, -0.05) is 0 Å². The highest BCUT2D eigenvalue weighted by atomic mass is 16.5. The van der Waals surface area contributed by atoms with Crippen LogP contribution in [0.25, 0.3) is 11.0 Å². The van der Waals surface area contributed by atoms with Gasteiger partial charge in [0.1, 0.15) is 17.2 Å². The Balaban J connectivity index is 1.40. The topological polar surface area (TPSA) is 124 Å². The number of rotatable bonds is 5. The number of hydrazine groups is 1. The van der Waals surface area contributed by atoms with Gasteiger partial charge in [-0.3, -0.25) is 15.0 Å². The molecule has 1 aromatic carbocycles. The second-order valence-corrected chi connectivity index (χ2v) is 8.71. The number of morpholine rings is 1. The van der Waals surface area contributed by atoms with Crippen LogP contribution in [0.2, 0.25) is 0 Å². The van der Waals surface area contributed by atoms with Crippen molar-refractivity contribution in [2.75, 3.05) is 50.9 Å². The van der Waals surface area contributed by atoms with Crippen LogP contribution in [0.5, 0.6) is 0 Å². The van der Waals surface area contributed by atoms with Crippen LogP contribution in [0.15, 0.2) is 21.3 Å². The van der Waals surface area contributed by atoms with Gasteiger partial charge < -0.3 is 24.5 Å². The lowest BCUT2D eigenvalue weighted by Gasteiger charge is -2.37. The third kappa shape index (κ3) is 4.21. The normalized spacial score (nSPS) is 19.1. The summed E-state index contributed by atoms with van der Waals surface area (Å²) in [4.78, 5) is 40.5. The van der Waals surface area contributed by atoms with E-state index in [9.17, 15) is 19.5 Å². The third-order valence-electron chi connectivity index (χ3n) is 6.54. The van der Waals surface area contributed by atoms with E-state index in [1.807, 2.05) is 6.07 Å². The van der Waals surface area contributed by atoms with E-state index in [4.69, 9.17) is 9.15 Å². The van der Waals surface area contributed by atoms with E-state index in [0.717, 1.165) is 44.3 Å². The molecule has 3 N–H and O–H groups in total. The minimum Gasteiger partial charge on any atom is -0.422 e. The Morgan fingerprint density at radius 3 is 2.61 bits per heavy atom. The van der Waals surface area contributed by atoms with Crippen LogP contribution in [0.1, 0.15) is 34.3 Å². The number of carbonyl (C=O) groups excluding carboxylic acids is 2. The number of aryl methyl sites for hydroxylation is 2. The number of aliphatic hydroxyl groups is 1. The SMILES string of the molecule is O=C(N[C@@H](CO)C(=O)NN1CCOCC1)c1cc2cc3c4c(c2oc1=O)CCCN4CCC3. The summed E-state index contributed by atoms with van der Waals surface area (Å²) in [6.07, 6.45) is 3.84. The van der Waals surface area contributed by atoms with Crippen molar-refractivity contribution < 1.29 is 23.8 Å². The number of fused-ring (bicyclic) bond motifs is 2. The third-order valence-corrected chi connectivity index (χ3v) is 6.54. The molecule has 10 nitrogen and oxygen atoms in total. The Kier molecular flexibility index (Phi) is 6.05. The molecule has 0 unspecified atom stereocenters. The molecule has 0 bridgehead atoms. The largest absolute Gasteiger partial charge is 0.422 e. The summed E-state index contributed by atoms with van der Waals surface area (Å²) < 4.78 is 10.9. The number of nitrogens with one attached hydrogen (secondary N) is 2. The Morgan fingerprint density at radius 2 is 1.85 bits per heavy atom. The standard InChI is InChI=1S/C23H28N4O6/c28-13-18(22(30)25-27-7-9-32-10-8-27)24-21(29)17-12-15-11-14-3-1-5-26-6-2-4-16(19(14)26)20(15)33-23(17)31/h11-12,18,28H,1-10,13H2,(H,24,29)(H,25,30)/t18-/m0/s1. The van der Waals surface area contributed by atoms with Crippen LogP contribution in [-0.2, 0) is 22.4 Å². The predicted molar refractivity (Wildman–Crippen MR) is 120 cm³/mol. The molecule has 33 heavy (non-hydrogen) atoms. The fourth-order valence-electron chi connectivity index (χ4n) is 4.94. The zero-order valence-corrected chi connectivity index (χ0v) is 18.4. The molecule has 2 aromatic rings. The Labute approximate surface area is 190 Å². The van der Waals surface area contributed by atoms with Crippen LogP contribution in [0.4, 0.5) is 5.69 Å². The molecule has 0 spiro atoms. The molecule has 3 aliphatic rings. The summed E-state index contributed by atoms with van der Waals surface area (Å²) >= 11 is 0. The molecule has 5 rings (SSSR count). The van der Waals surface area contributed by atoms with Gasteiger partial charge in [0.15, 0.2) is 0 Å². The van der Waals surface area contributed by atoms with Crippen LogP contribution in [0.3, 0.4) is 0 Å². The number of carbonyl (C=O) groups is 2. The lowest BCUT2D eigenvalue weighted by atomic mass is 9.90. The number of hydrogen-bond donors (Lipinski definition) is 3. The van der Waals surface area contributed by atoms with Gasteiger partial charge >= 0.3 is 5.63 Å². The van der Waals surface area contributed by atoms with Crippen molar-refractivity contribution in [3.63, 3.8) is 0 Å². The van der Waals surface area contributed by atoms with E-state index >= 15 is 0 Å². The van der Waals surface area contributed by atoms with Gasteiger partial charge in [-0.05, 0) is 43.4 Å². The second-order valence-electron chi connectivity index (χ2n) is 8.71. The molecule has 1 aromatic heterocycles. The number of ether oxygens (including phenoxy) is 1. The molecule has 1 saturated heterocycles. The molecule has 3 aliphatic heterocycles. The first-order valence-corrected chi connectivity index (χ1v) is 11.5. The summed E-state index contributed by atoms with van der Waals surface area (Å²) in [5, 5.41) is 14.5. The van der Waals surface area contributed by atoms with Crippen molar-refractivity contribution >= 4 is 28.5 Å². The number of hydrogen-bond acceptors (Lipinski definition) is 8. The number of anilines is 1. The quantitative estimate of drug-likeness (QED) is 0.535. The van der Waals surface area contributed by atoms with Crippen LogP contribution < -0.4 is 21.3 Å². The van der Waals surface area contributed by atoms with Crippen molar-refractivity contribution in [1.82, 2.24) is 15.8 Å². The zero-order chi connectivity index (χ0) is 22.9. The number of amides is 2. The Bertz CT molecular complexity index is 1140. The summed E-state index contributed by atoms with van der Waals surface area (Å²) in [6.45, 7) is 3.40. The fraction of sp³-hybridized carbons (Fsp3) is 0.522. The number of aliphatic hydroxyl groups excluding tert-OH is 1. The van der Waals surface area contributed by atoms with Crippen LogP contribution >= 0.6 is 0 Å². The lowest BCUT2D eigenvalue weighted by Crippen LogP contribution is -2.56. The van der Waals surface area contributed by atoms with Gasteiger partial charge in [-0.25, -0.2) is 9.80 Å². The van der Waals surface area contributed by atoms with Crippen molar-refractivity contribution in [2.45, 2.75) is 31.7 Å². The maximum absolute atomic E-state index is 12.9. The second kappa shape index (κ2) is 9.12. The van der Waals surface area contributed by atoms with Gasteiger partial charge in [0, 0.05) is 42.8 Å². The van der Waals surface area contributed by atoms with E-state index in [1.165, 1.54) is 17.3 Å². The van der Waals surface area contributed by atoms with E-state index < -0.39 is 30.1 Å². The smallest absolute Gasteiger partial charge is 0.349 e. The molecule has 10 heteroatoms. The molecule has 1 fully saturated rings. The first-order valence-electron chi connectivity index (χ1n) is 11.5. The monoisotopic (exact) mass is 456 g/mol. The summed E-state index contributed by atoms with van der Waals surface area (Å²) in [5.41, 5.74) is 5.69. The molecule has 4 heterocycles. The Morgan fingerprint density at radius 1 is 1.09 bits per heavy atom. The van der Waals surface area contributed by atoms with Gasteiger partial charge in [-0.2, -0.15) is 0 Å². The maximum Gasteiger partial charge on any atom is 0.349 e. The minimum absolute atomic E-state index is 0.184. The molecular formula is C23H28N4O6. The van der Waals surface area contributed by atoms with E-state index in [0.29, 0.717) is 37.3 Å². The molecule has 0 radical (unpaired) electrons. The summed E-state index contributed by atoms with van der Waals surface area (Å²) in [6, 6.07) is 2.34. The van der Waals surface area contributed by atoms with E-state index in [2.05, 4.69) is 15.6 Å². The highest BCUT2D eigenvalue weighted by Crippen LogP contribution is 2.39. The molecule has 0 saturated carbocycles. The van der Waals surface area contributed by atoms with Crippen molar-refractivity contribution in [3.8, 4) is 0 Å². The lowest BCUT2D eigenvalue weighted by molar-refractivity contribution is -0.130. The van der Waals surface area contributed by atoms with Gasteiger partial charge in [0.2, 0.25) is 0 Å². The average molecular weight is 456 g/mol. The molecule has 1 atom stereocenters. The Hall–Kier alpha value is -2.95. The molecular weight excluding hydrogens is 428 g/mol. The minimum atomic E-state index is -1.20. The number of benzene rings is 1. The van der Waals surface area contributed by atoms with Gasteiger partial charge in [-0.15, -0.1) is 0 Å². The maximum atomic E-state index is 12.9. The summed E-state index contributed by atoms with van der Waals surface area (Å²) in [5.74, 6) is -1.31. The van der Waals surface area contributed by atoms with Crippen LogP contribution in [-0.4, -0.2) is 74.0 Å². The van der Waals surface area contributed by atoms with E-state index in [1.54, 1.807) is 5.01 Å². The molecule has 176 valence electrons. The van der Waals surface area contributed by atoms with Crippen molar-refractivity contribution in [1.29, 1.82) is 0 Å². The molecule has 2 amide bonds. The fourth-order valence-corrected chi connectivity index (χ4v) is 4.94. The van der Waals surface area contributed by atoms with Crippen molar-refractivity contribution in [3.05, 3.63) is 39.2 Å². The first-order chi connectivity index (χ1) is 16.0. The summed E-state index contributed by atoms with van der Waals surface area (Å²) in [7, 11) is 0. The zero-order valence-electron chi connectivity index (χ0n) is 18.4. The van der Waals surface area contributed by atoms with Gasteiger partial charge in [0.05, 0.1) is 19.8 Å².